The molecule has 0 saturated heterocycles. The van der Waals surface area contributed by atoms with E-state index in [-0.39, 0.29) is 0 Å². The van der Waals surface area contributed by atoms with Gasteiger partial charge in [0.2, 0.25) is 0 Å². The highest BCUT2D eigenvalue weighted by molar-refractivity contribution is 5.03. The maximum absolute atomic E-state index is 5.33. The van der Waals surface area contributed by atoms with Crippen LogP contribution in [0.25, 0.3) is 0 Å². The molecule has 0 aliphatic carbocycles. The third-order valence-electron chi connectivity index (χ3n) is 0.886. The monoisotopic (exact) mass is 111 g/mol. The van der Waals surface area contributed by atoms with E-state index in [9.17, 15) is 0 Å². The first-order valence-electron chi connectivity index (χ1n) is 2.50. The van der Waals surface area contributed by atoms with Gasteiger partial charge in [0.25, 0.3) is 0 Å². The van der Waals surface area contributed by atoms with Gasteiger partial charge in [0.1, 0.15) is 0 Å². The molecule has 44 valence electrons. The van der Waals surface area contributed by atoms with Gasteiger partial charge in [0.05, 0.1) is 0 Å². The van der Waals surface area contributed by atoms with E-state index >= 15 is 0 Å². The van der Waals surface area contributed by atoms with E-state index in [1.165, 1.54) is 5.12 Å². The average Bonchev–Trinajstić information content (AvgIpc) is 1.94. The van der Waals surface area contributed by atoms with Crippen LogP contribution in [0.15, 0.2) is 24.4 Å². The molecule has 3 nitrogen and oxygen atoms in total. The van der Waals surface area contributed by atoms with Crippen molar-refractivity contribution in [1.29, 1.82) is 0 Å². The summed E-state index contributed by atoms with van der Waals surface area (Å²) in [5.74, 6) is 5.33. The number of nitrogens with one attached hydrogen (secondary N) is 1. The molecule has 1 aliphatic heterocycles. The van der Waals surface area contributed by atoms with Crippen molar-refractivity contribution in [3.05, 3.63) is 24.4 Å². The third kappa shape index (κ3) is 1.36. The molecule has 0 aromatic carbocycles. The lowest BCUT2D eigenvalue weighted by Gasteiger charge is -2.10. The SMILES string of the molecule is NN1C=CC=CCN1. The Labute approximate surface area is 48.4 Å². The molecule has 0 fully saturated rings. The number of nitrogens with two attached hydrogens (primary N) is 1. The van der Waals surface area contributed by atoms with Gasteiger partial charge in [-0.3, -0.25) is 5.12 Å². The van der Waals surface area contributed by atoms with Crippen molar-refractivity contribution >= 4 is 0 Å². The van der Waals surface area contributed by atoms with Crippen LogP contribution in [0.2, 0.25) is 0 Å². The minimum absolute atomic E-state index is 0.795. The Morgan fingerprint density at radius 2 is 2.38 bits per heavy atom. The van der Waals surface area contributed by atoms with Crippen LogP contribution in [0, 0.1) is 0 Å². The van der Waals surface area contributed by atoms with Gasteiger partial charge in [-0.25, -0.2) is 11.3 Å². The molecule has 0 aromatic heterocycles. The molecule has 1 heterocycles. The lowest BCUT2D eigenvalue weighted by Crippen LogP contribution is -2.38. The van der Waals surface area contributed by atoms with E-state index < -0.39 is 0 Å². The lowest BCUT2D eigenvalue weighted by molar-refractivity contribution is 0.296. The van der Waals surface area contributed by atoms with Crippen LogP contribution in [0.5, 0.6) is 0 Å². The number of allylic oxidation sites excluding steroid dienone is 2. The predicted molar refractivity (Wildman–Crippen MR) is 32.3 cm³/mol. The smallest absolute Gasteiger partial charge is 0.0348 e. The fourth-order valence-corrected chi connectivity index (χ4v) is 0.500. The van der Waals surface area contributed by atoms with E-state index in [1.807, 2.05) is 18.2 Å². The molecule has 0 aromatic rings. The lowest BCUT2D eigenvalue weighted by atomic mass is 10.5. The summed E-state index contributed by atoms with van der Waals surface area (Å²) in [6, 6.07) is 0. The second kappa shape index (κ2) is 2.49. The van der Waals surface area contributed by atoms with Crippen molar-refractivity contribution in [3.8, 4) is 0 Å². The molecule has 1 aliphatic rings. The van der Waals surface area contributed by atoms with E-state index in [1.54, 1.807) is 6.20 Å². The molecule has 3 heteroatoms. The van der Waals surface area contributed by atoms with E-state index in [4.69, 9.17) is 5.84 Å². The number of nitrogens with zero attached hydrogens (tertiary/aromatic N) is 1. The highest BCUT2D eigenvalue weighted by atomic mass is 15.7. The topological polar surface area (TPSA) is 41.3 Å². The molecule has 0 unspecified atom stereocenters. The maximum Gasteiger partial charge on any atom is 0.0348 e. The summed E-state index contributed by atoms with van der Waals surface area (Å²) in [6.45, 7) is 0.795. The van der Waals surface area contributed by atoms with Gasteiger partial charge in [-0.2, -0.15) is 0 Å². The molecule has 0 bridgehead atoms. The Balaban J connectivity index is 2.46. The van der Waals surface area contributed by atoms with Gasteiger partial charge in [0.15, 0.2) is 0 Å². The molecule has 0 spiro atoms. The van der Waals surface area contributed by atoms with Crippen LogP contribution in [0.1, 0.15) is 0 Å². The number of hydrogen-bond donors (Lipinski definition) is 2. The first-order valence-corrected chi connectivity index (χ1v) is 2.50. The second-order valence-corrected chi connectivity index (χ2v) is 1.54. The van der Waals surface area contributed by atoms with Crippen molar-refractivity contribution in [2.24, 2.45) is 5.84 Å². The number of hydrazine groups is 2. The van der Waals surface area contributed by atoms with Crippen LogP contribution in [-0.4, -0.2) is 11.7 Å². The Bertz CT molecular complexity index is 117. The highest BCUT2D eigenvalue weighted by Gasteiger charge is 1.86. The zero-order chi connectivity index (χ0) is 5.82. The standard InChI is InChI=1S/C5H9N3/c6-8-5-3-1-2-4-7-8/h1-3,5,7H,4,6H2. The molecule has 0 saturated carbocycles. The summed E-state index contributed by atoms with van der Waals surface area (Å²) in [5, 5.41) is 1.43. The van der Waals surface area contributed by atoms with E-state index in [0.717, 1.165) is 6.54 Å². The first-order chi connectivity index (χ1) is 3.89. The van der Waals surface area contributed by atoms with Crippen LogP contribution in [-0.2, 0) is 0 Å². The summed E-state index contributed by atoms with van der Waals surface area (Å²) in [5.41, 5.74) is 2.88. The molecule has 0 radical (unpaired) electrons. The first kappa shape index (κ1) is 5.34. The second-order valence-electron chi connectivity index (χ2n) is 1.54. The Hall–Kier alpha value is -0.800. The average molecular weight is 111 g/mol. The Morgan fingerprint density at radius 1 is 1.50 bits per heavy atom. The van der Waals surface area contributed by atoms with E-state index in [2.05, 4.69) is 5.43 Å². The minimum Gasteiger partial charge on any atom is -0.251 e. The quantitative estimate of drug-likeness (QED) is 0.423. The van der Waals surface area contributed by atoms with Gasteiger partial charge in [-0.15, -0.1) is 0 Å². The summed E-state index contributed by atoms with van der Waals surface area (Å²) in [7, 11) is 0. The predicted octanol–water partition coefficient (Wildman–Crippen LogP) is -0.250. The van der Waals surface area contributed by atoms with Crippen molar-refractivity contribution in [1.82, 2.24) is 10.5 Å². The molecule has 1 rings (SSSR count). The fourth-order valence-electron chi connectivity index (χ4n) is 0.500. The Kier molecular flexibility index (Phi) is 1.66. The molecule has 0 amide bonds. The van der Waals surface area contributed by atoms with Crippen molar-refractivity contribution in [2.45, 2.75) is 0 Å². The molecule has 0 atom stereocenters. The van der Waals surface area contributed by atoms with Crippen LogP contribution < -0.4 is 11.3 Å². The zero-order valence-electron chi connectivity index (χ0n) is 4.54. The molecule has 3 N–H and O–H groups in total. The summed E-state index contributed by atoms with van der Waals surface area (Å²) in [6.07, 6.45) is 7.56. The summed E-state index contributed by atoms with van der Waals surface area (Å²) >= 11 is 0. The van der Waals surface area contributed by atoms with Gasteiger partial charge in [-0.05, 0) is 6.08 Å². The van der Waals surface area contributed by atoms with Crippen molar-refractivity contribution in [3.63, 3.8) is 0 Å². The van der Waals surface area contributed by atoms with Crippen LogP contribution in [0.4, 0.5) is 0 Å². The van der Waals surface area contributed by atoms with Crippen molar-refractivity contribution < 1.29 is 0 Å². The number of hydrogen-bond acceptors (Lipinski definition) is 3. The minimum atomic E-state index is 0.795. The Morgan fingerprint density at radius 3 is 3.25 bits per heavy atom. The van der Waals surface area contributed by atoms with Gasteiger partial charge >= 0.3 is 0 Å². The maximum atomic E-state index is 5.33. The van der Waals surface area contributed by atoms with Gasteiger partial charge in [0, 0.05) is 12.7 Å². The summed E-state index contributed by atoms with van der Waals surface area (Å²) < 4.78 is 0. The molecular formula is C5H9N3. The normalized spacial score (nSPS) is 18.9. The zero-order valence-corrected chi connectivity index (χ0v) is 4.54. The molecular weight excluding hydrogens is 102 g/mol. The van der Waals surface area contributed by atoms with Crippen LogP contribution in [0.3, 0.4) is 0 Å². The van der Waals surface area contributed by atoms with E-state index in [0.29, 0.717) is 0 Å². The summed E-state index contributed by atoms with van der Waals surface area (Å²) in [4.78, 5) is 0. The van der Waals surface area contributed by atoms with Gasteiger partial charge in [-0.1, -0.05) is 12.2 Å². The van der Waals surface area contributed by atoms with Gasteiger partial charge < -0.3 is 0 Å². The third-order valence-corrected chi connectivity index (χ3v) is 0.886. The molecule has 8 heavy (non-hydrogen) atoms. The largest absolute Gasteiger partial charge is 0.251 e. The number of rotatable bonds is 0. The highest BCUT2D eigenvalue weighted by Crippen LogP contribution is 1.82. The fraction of sp³-hybridized carbons (Fsp3) is 0.200. The van der Waals surface area contributed by atoms with Crippen molar-refractivity contribution in [2.75, 3.05) is 6.54 Å². The van der Waals surface area contributed by atoms with Crippen LogP contribution >= 0.6 is 0 Å².